The SMILES string of the molecule is CCCNCC(C)C(C)N1CCOCC1(C)C. The first kappa shape index (κ1) is 14.9. The van der Waals surface area contributed by atoms with Crippen molar-refractivity contribution in [2.75, 3.05) is 32.8 Å². The number of nitrogens with one attached hydrogen (secondary N) is 1. The maximum Gasteiger partial charge on any atom is 0.0645 e. The lowest BCUT2D eigenvalue weighted by molar-refractivity contribution is -0.0775. The van der Waals surface area contributed by atoms with Crippen LogP contribution in [0.1, 0.15) is 41.0 Å². The Morgan fingerprint density at radius 1 is 1.35 bits per heavy atom. The molecule has 1 heterocycles. The largest absolute Gasteiger partial charge is 0.378 e. The monoisotopic (exact) mass is 242 g/mol. The van der Waals surface area contributed by atoms with Gasteiger partial charge < -0.3 is 10.1 Å². The van der Waals surface area contributed by atoms with Crippen LogP contribution in [0.2, 0.25) is 0 Å². The minimum atomic E-state index is 0.177. The van der Waals surface area contributed by atoms with E-state index in [1.807, 2.05) is 0 Å². The standard InChI is InChI=1S/C14H30N2O/c1-6-7-15-10-12(2)13(3)16-8-9-17-11-14(16,4)5/h12-13,15H,6-11H2,1-5H3. The number of morpholine rings is 1. The molecule has 1 aliphatic rings. The number of rotatable bonds is 6. The molecule has 102 valence electrons. The van der Waals surface area contributed by atoms with E-state index < -0.39 is 0 Å². The Morgan fingerprint density at radius 2 is 2.06 bits per heavy atom. The Balaban J connectivity index is 2.46. The molecule has 1 rings (SSSR count). The van der Waals surface area contributed by atoms with Gasteiger partial charge in [0.1, 0.15) is 0 Å². The molecule has 2 atom stereocenters. The summed E-state index contributed by atoms with van der Waals surface area (Å²) in [7, 11) is 0. The van der Waals surface area contributed by atoms with Gasteiger partial charge in [0, 0.05) is 18.1 Å². The molecule has 0 amide bonds. The molecule has 1 aliphatic heterocycles. The highest BCUT2D eigenvalue weighted by Gasteiger charge is 2.35. The summed E-state index contributed by atoms with van der Waals surface area (Å²) in [5.41, 5.74) is 0.177. The van der Waals surface area contributed by atoms with Crippen molar-refractivity contribution in [1.29, 1.82) is 0 Å². The molecule has 3 nitrogen and oxygen atoms in total. The summed E-state index contributed by atoms with van der Waals surface area (Å²) in [5, 5.41) is 3.52. The van der Waals surface area contributed by atoms with Crippen molar-refractivity contribution < 1.29 is 4.74 Å². The summed E-state index contributed by atoms with van der Waals surface area (Å²) in [6.45, 7) is 16.5. The molecule has 3 heteroatoms. The fourth-order valence-corrected chi connectivity index (χ4v) is 2.61. The van der Waals surface area contributed by atoms with Gasteiger partial charge in [-0.25, -0.2) is 0 Å². The van der Waals surface area contributed by atoms with Crippen molar-refractivity contribution in [3.8, 4) is 0 Å². The summed E-state index contributed by atoms with van der Waals surface area (Å²) < 4.78 is 5.59. The van der Waals surface area contributed by atoms with Crippen molar-refractivity contribution in [1.82, 2.24) is 10.2 Å². The van der Waals surface area contributed by atoms with Gasteiger partial charge in [-0.1, -0.05) is 13.8 Å². The van der Waals surface area contributed by atoms with Crippen LogP contribution in [0.15, 0.2) is 0 Å². The Kier molecular flexibility index (Phi) is 5.90. The average Bonchev–Trinajstić information content (AvgIpc) is 2.28. The molecule has 0 bridgehead atoms. The highest BCUT2D eigenvalue weighted by molar-refractivity contribution is 4.89. The second kappa shape index (κ2) is 6.72. The summed E-state index contributed by atoms with van der Waals surface area (Å²) in [4.78, 5) is 2.61. The lowest BCUT2D eigenvalue weighted by atomic mass is 9.94. The molecule has 0 saturated carbocycles. The lowest BCUT2D eigenvalue weighted by Gasteiger charge is -2.47. The Morgan fingerprint density at radius 3 is 2.65 bits per heavy atom. The molecular weight excluding hydrogens is 212 g/mol. The molecule has 0 aliphatic carbocycles. The van der Waals surface area contributed by atoms with E-state index in [1.54, 1.807) is 0 Å². The Labute approximate surface area is 107 Å². The summed E-state index contributed by atoms with van der Waals surface area (Å²) in [5.74, 6) is 0.680. The molecule has 1 fully saturated rings. The van der Waals surface area contributed by atoms with Crippen molar-refractivity contribution in [2.24, 2.45) is 5.92 Å². The van der Waals surface area contributed by atoms with Crippen LogP contribution >= 0.6 is 0 Å². The smallest absolute Gasteiger partial charge is 0.0645 e. The average molecular weight is 242 g/mol. The minimum Gasteiger partial charge on any atom is -0.378 e. The van der Waals surface area contributed by atoms with E-state index in [2.05, 4.69) is 44.8 Å². The second-order valence-electron chi connectivity index (χ2n) is 5.98. The van der Waals surface area contributed by atoms with Gasteiger partial charge in [-0.3, -0.25) is 4.90 Å². The first-order chi connectivity index (χ1) is 7.99. The van der Waals surface area contributed by atoms with Crippen molar-refractivity contribution in [2.45, 2.75) is 52.6 Å². The molecule has 2 unspecified atom stereocenters. The van der Waals surface area contributed by atoms with Crippen molar-refractivity contribution >= 4 is 0 Å². The van der Waals surface area contributed by atoms with E-state index in [-0.39, 0.29) is 5.54 Å². The van der Waals surface area contributed by atoms with Gasteiger partial charge in [-0.2, -0.15) is 0 Å². The van der Waals surface area contributed by atoms with E-state index in [9.17, 15) is 0 Å². The highest BCUT2D eigenvalue weighted by atomic mass is 16.5. The van der Waals surface area contributed by atoms with Crippen LogP contribution in [0.25, 0.3) is 0 Å². The molecule has 17 heavy (non-hydrogen) atoms. The predicted molar refractivity (Wildman–Crippen MR) is 73.4 cm³/mol. The molecular formula is C14H30N2O. The molecule has 0 aromatic rings. The van der Waals surface area contributed by atoms with Gasteiger partial charge in [0.25, 0.3) is 0 Å². The van der Waals surface area contributed by atoms with Gasteiger partial charge in [-0.05, 0) is 46.2 Å². The van der Waals surface area contributed by atoms with Crippen LogP contribution in [-0.2, 0) is 4.74 Å². The summed E-state index contributed by atoms with van der Waals surface area (Å²) >= 11 is 0. The van der Waals surface area contributed by atoms with Gasteiger partial charge in [0.05, 0.1) is 13.2 Å². The van der Waals surface area contributed by atoms with E-state index in [0.717, 1.165) is 32.8 Å². The minimum absolute atomic E-state index is 0.177. The Bertz CT molecular complexity index is 218. The molecule has 1 N–H and O–H groups in total. The fourth-order valence-electron chi connectivity index (χ4n) is 2.61. The molecule has 0 radical (unpaired) electrons. The van der Waals surface area contributed by atoms with Crippen LogP contribution in [0.5, 0.6) is 0 Å². The molecule has 0 aromatic heterocycles. The normalized spacial score (nSPS) is 24.5. The van der Waals surface area contributed by atoms with Crippen LogP contribution < -0.4 is 5.32 Å². The number of hydrogen-bond donors (Lipinski definition) is 1. The van der Waals surface area contributed by atoms with Crippen LogP contribution in [-0.4, -0.2) is 49.3 Å². The zero-order valence-corrected chi connectivity index (χ0v) is 12.3. The lowest BCUT2D eigenvalue weighted by Crippen LogP contribution is -2.58. The predicted octanol–water partition coefficient (Wildman–Crippen LogP) is 2.12. The third-order valence-corrected chi connectivity index (χ3v) is 3.92. The summed E-state index contributed by atoms with van der Waals surface area (Å²) in [6, 6.07) is 0.609. The third-order valence-electron chi connectivity index (χ3n) is 3.92. The second-order valence-corrected chi connectivity index (χ2v) is 5.98. The third kappa shape index (κ3) is 4.23. The molecule has 0 aromatic carbocycles. The first-order valence-electron chi connectivity index (χ1n) is 7.04. The van der Waals surface area contributed by atoms with E-state index in [1.165, 1.54) is 6.42 Å². The maximum atomic E-state index is 5.59. The highest BCUT2D eigenvalue weighted by Crippen LogP contribution is 2.24. The zero-order valence-electron chi connectivity index (χ0n) is 12.3. The molecule has 0 spiro atoms. The maximum absolute atomic E-state index is 5.59. The molecule has 1 saturated heterocycles. The van der Waals surface area contributed by atoms with E-state index >= 15 is 0 Å². The van der Waals surface area contributed by atoms with Crippen molar-refractivity contribution in [3.05, 3.63) is 0 Å². The van der Waals surface area contributed by atoms with Crippen LogP contribution in [0, 0.1) is 5.92 Å². The van der Waals surface area contributed by atoms with Gasteiger partial charge in [0.2, 0.25) is 0 Å². The van der Waals surface area contributed by atoms with Gasteiger partial charge >= 0.3 is 0 Å². The van der Waals surface area contributed by atoms with Crippen LogP contribution in [0.4, 0.5) is 0 Å². The Hall–Kier alpha value is -0.120. The first-order valence-corrected chi connectivity index (χ1v) is 7.04. The van der Waals surface area contributed by atoms with Gasteiger partial charge in [0.15, 0.2) is 0 Å². The van der Waals surface area contributed by atoms with E-state index in [0.29, 0.717) is 12.0 Å². The van der Waals surface area contributed by atoms with E-state index in [4.69, 9.17) is 4.74 Å². The zero-order chi connectivity index (χ0) is 12.9. The van der Waals surface area contributed by atoms with Crippen molar-refractivity contribution in [3.63, 3.8) is 0 Å². The quantitative estimate of drug-likeness (QED) is 0.722. The fraction of sp³-hybridized carbons (Fsp3) is 1.00. The van der Waals surface area contributed by atoms with Gasteiger partial charge in [-0.15, -0.1) is 0 Å². The number of hydrogen-bond acceptors (Lipinski definition) is 3. The summed E-state index contributed by atoms with van der Waals surface area (Å²) in [6.07, 6.45) is 1.21. The van der Waals surface area contributed by atoms with Crippen LogP contribution in [0.3, 0.4) is 0 Å². The number of ether oxygens (including phenoxy) is 1. The topological polar surface area (TPSA) is 24.5 Å². The number of nitrogens with zero attached hydrogens (tertiary/aromatic N) is 1.